The van der Waals surface area contributed by atoms with Crippen molar-refractivity contribution in [3.63, 3.8) is 0 Å². The third kappa shape index (κ3) is 7.62. The van der Waals surface area contributed by atoms with Crippen molar-refractivity contribution in [2.24, 2.45) is 0 Å². The highest BCUT2D eigenvalue weighted by Crippen LogP contribution is 2.24. The topological polar surface area (TPSA) is 121 Å². The number of hydrogen-bond donors (Lipinski definition) is 0. The van der Waals surface area contributed by atoms with Crippen LogP contribution in [0, 0.1) is 0 Å². The molecule has 0 radical (unpaired) electrons. The first-order valence-corrected chi connectivity index (χ1v) is 15.6. The number of sulfone groups is 2. The van der Waals surface area contributed by atoms with Gasteiger partial charge in [-0.15, -0.1) is 0 Å². The third-order valence-electron chi connectivity index (χ3n) is 5.01. The van der Waals surface area contributed by atoms with Crippen molar-refractivity contribution >= 4 is 63.5 Å². The Hall–Kier alpha value is -1.76. The number of halogens is 2. The minimum absolute atomic E-state index is 0.0136. The summed E-state index contributed by atoms with van der Waals surface area (Å²) in [7, 11) is -6.19. The lowest BCUT2D eigenvalue weighted by atomic mass is 10.2. The van der Waals surface area contributed by atoms with Crippen molar-refractivity contribution < 1.29 is 35.9 Å². The Morgan fingerprint density at radius 1 is 0.618 bits per heavy atom. The highest BCUT2D eigenvalue weighted by atomic mass is 79.9. The number of carbonyl (C=O) groups excluding carboxylic acids is 2. The van der Waals surface area contributed by atoms with Gasteiger partial charge in [0, 0.05) is 0 Å². The van der Waals surface area contributed by atoms with Gasteiger partial charge in [-0.2, -0.15) is 0 Å². The summed E-state index contributed by atoms with van der Waals surface area (Å²) < 4.78 is 55.8. The molecule has 0 bridgehead atoms. The molecule has 0 saturated carbocycles. The molecule has 2 fully saturated rings. The highest BCUT2D eigenvalue weighted by molar-refractivity contribution is 9.10. The van der Waals surface area contributed by atoms with E-state index in [4.69, 9.17) is 9.47 Å². The quantitative estimate of drug-likeness (QED) is 0.371. The van der Waals surface area contributed by atoms with E-state index < -0.39 is 43.8 Å². The van der Waals surface area contributed by atoms with Crippen LogP contribution in [0.25, 0.3) is 0 Å². The first-order valence-electron chi connectivity index (χ1n) is 10.2. The molecule has 2 saturated heterocycles. The fourth-order valence-electron chi connectivity index (χ4n) is 3.32. The zero-order valence-corrected chi connectivity index (χ0v) is 22.6. The maximum atomic E-state index is 11.7. The zero-order valence-electron chi connectivity index (χ0n) is 17.7. The van der Waals surface area contributed by atoms with E-state index in [2.05, 4.69) is 31.9 Å². The summed E-state index contributed by atoms with van der Waals surface area (Å²) in [5.74, 6) is -1.17. The van der Waals surface area contributed by atoms with Crippen LogP contribution in [0.4, 0.5) is 0 Å². The molecule has 12 heteroatoms. The van der Waals surface area contributed by atoms with Gasteiger partial charge in [0.25, 0.3) is 0 Å². The Morgan fingerprint density at radius 2 is 0.941 bits per heavy atom. The molecule has 2 heterocycles. The molecular formula is C22H22Br2O8S2. The van der Waals surface area contributed by atoms with Gasteiger partial charge < -0.3 is 9.47 Å². The lowest BCUT2D eigenvalue weighted by Crippen LogP contribution is -2.25. The summed E-state index contributed by atoms with van der Waals surface area (Å²) in [6.07, 6.45) is -1.21. The number of esters is 2. The smallest absolute Gasteiger partial charge is 0.338 e. The molecular weight excluding hydrogens is 616 g/mol. The Balaban J connectivity index is 0.000000191. The molecule has 2 aromatic rings. The molecule has 0 aliphatic carbocycles. The standard InChI is InChI=1S/2C11H11BrO4S/c2*12-9-6-17(14,15)7-10(9)16-11(13)8-4-2-1-3-5-8/h2*1-5,9-10H,6-7H2/t2*9-,10+/m11/s1. The summed E-state index contributed by atoms with van der Waals surface area (Å²) in [6, 6.07) is 17.0. The number of benzene rings is 2. The van der Waals surface area contributed by atoms with E-state index in [9.17, 15) is 26.4 Å². The molecule has 2 aromatic carbocycles. The summed E-state index contributed by atoms with van der Waals surface area (Å²) in [5.41, 5.74) is 0.855. The van der Waals surface area contributed by atoms with E-state index in [1.807, 2.05) is 0 Å². The van der Waals surface area contributed by atoms with Crippen LogP contribution in [0.1, 0.15) is 20.7 Å². The van der Waals surface area contributed by atoms with E-state index in [1.54, 1.807) is 60.7 Å². The molecule has 8 nitrogen and oxygen atoms in total. The van der Waals surface area contributed by atoms with Gasteiger partial charge in [-0.1, -0.05) is 68.3 Å². The van der Waals surface area contributed by atoms with Crippen molar-refractivity contribution in [1.82, 2.24) is 0 Å². The monoisotopic (exact) mass is 636 g/mol. The van der Waals surface area contributed by atoms with Crippen LogP contribution >= 0.6 is 31.9 Å². The Morgan fingerprint density at radius 3 is 1.21 bits per heavy atom. The van der Waals surface area contributed by atoms with Gasteiger partial charge in [-0.25, -0.2) is 26.4 Å². The fraction of sp³-hybridized carbons (Fsp3) is 0.364. The van der Waals surface area contributed by atoms with Crippen LogP contribution in [0.5, 0.6) is 0 Å². The number of alkyl halides is 2. The number of ether oxygens (including phenoxy) is 2. The van der Waals surface area contributed by atoms with Gasteiger partial charge in [0.1, 0.15) is 12.2 Å². The minimum atomic E-state index is -3.10. The lowest BCUT2D eigenvalue weighted by molar-refractivity contribution is 0.0358. The van der Waals surface area contributed by atoms with Crippen LogP contribution in [-0.2, 0) is 29.1 Å². The molecule has 0 unspecified atom stereocenters. The normalized spacial score (nSPS) is 26.6. The average Bonchev–Trinajstić information content (AvgIpc) is 3.20. The predicted molar refractivity (Wildman–Crippen MR) is 134 cm³/mol. The van der Waals surface area contributed by atoms with E-state index in [0.717, 1.165) is 0 Å². The molecule has 0 amide bonds. The van der Waals surface area contributed by atoms with E-state index in [-0.39, 0.29) is 32.7 Å². The third-order valence-corrected chi connectivity index (χ3v) is 11.1. The molecule has 4 rings (SSSR count). The molecule has 34 heavy (non-hydrogen) atoms. The summed E-state index contributed by atoms with van der Waals surface area (Å²) in [4.78, 5) is 22.8. The molecule has 2 aliphatic heterocycles. The Kier molecular flexibility index (Phi) is 8.93. The molecule has 2 aliphatic rings. The SMILES string of the molecule is O=C(O[C@H]1CS(=O)(=O)C[C@H]1Br)c1ccccc1.O=C(O[C@H]1CS(=O)(=O)C[C@H]1Br)c1ccccc1. The summed E-state index contributed by atoms with van der Waals surface area (Å²) in [5, 5.41) is 0. The fourth-order valence-corrected chi connectivity index (χ4v) is 10.1. The lowest BCUT2D eigenvalue weighted by Gasteiger charge is -2.13. The van der Waals surface area contributed by atoms with Crippen molar-refractivity contribution in [3.05, 3.63) is 71.8 Å². The number of hydrogen-bond acceptors (Lipinski definition) is 8. The van der Waals surface area contributed by atoms with Crippen molar-refractivity contribution in [1.29, 1.82) is 0 Å². The van der Waals surface area contributed by atoms with Crippen LogP contribution in [-0.4, -0.2) is 73.6 Å². The zero-order chi connectivity index (χ0) is 24.9. The van der Waals surface area contributed by atoms with E-state index >= 15 is 0 Å². The first kappa shape index (κ1) is 26.8. The van der Waals surface area contributed by atoms with Crippen LogP contribution in [0.2, 0.25) is 0 Å². The second kappa shape index (κ2) is 11.3. The van der Waals surface area contributed by atoms with Gasteiger partial charge >= 0.3 is 11.9 Å². The maximum Gasteiger partial charge on any atom is 0.338 e. The van der Waals surface area contributed by atoms with Crippen molar-refractivity contribution in [3.8, 4) is 0 Å². The van der Waals surface area contributed by atoms with Crippen molar-refractivity contribution in [2.45, 2.75) is 21.9 Å². The summed E-state index contributed by atoms with van der Waals surface area (Å²) in [6.45, 7) is 0. The van der Waals surface area contributed by atoms with Crippen LogP contribution in [0.15, 0.2) is 60.7 Å². The summed E-state index contributed by atoms with van der Waals surface area (Å²) >= 11 is 6.45. The van der Waals surface area contributed by atoms with E-state index in [0.29, 0.717) is 11.1 Å². The average molecular weight is 638 g/mol. The maximum absolute atomic E-state index is 11.7. The molecule has 184 valence electrons. The largest absolute Gasteiger partial charge is 0.456 e. The second-order valence-corrected chi connectivity index (χ2v) is 14.5. The molecule has 0 aromatic heterocycles. The van der Waals surface area contributed by atoms with Crippen molar-refractivity contribution in [2.75, 3.05) is 23.0 Å². The van der Waals surface area contributed by atoms with Gasteiger partial charge in [-0.3, -0.25) is 0 Å². The van der Waals surface area contributed by atoms with Gasteiger partial charge in [0.05, 0.1) is 43.8 Å². The van der Waals surface area contributed by atoms with Crippen LogP contribution in [0.3, 0.4) is 0 Å². The highest BCUT2D eigenvalue weighted by Gasteiger charge is 2.39. The second-order valence-electron chi connectivity index (χ2n) is 7.81. The van der Waals surface area contributed by atoms with Gasteiger partial charge in [0.15, 0.2) is 19.7 Å². The molecule has 0 N–H and O–H groups in total. The van der Waals surface area contributed by atoms with E-state index in [1.165, 1.54) is 0 Å². The predicted octanol–water partition coefficient (Wildman–Crippen LogP) is 2.81. The number of carbonyl (C=O) groups is 2. The minimum Gasteiger partial charge on any atom is -0.456 e. The van der Waals surface area contributed by atoms with Gasteiger partial charge in [-0.05, 0) is 24.3 Å². The Bertz CT molecular complexity index is 1120. The molecule has 0 spiro atoms. The number of rotatable bonds is 4. The Labute approximate surface area is 215 Å². The first-order chi connectivity index (χ1) is 16.0. The van der Waals surface area contributed by atoms with Gasteiger partial charge in [0.2, 0.25) is 0 Å². The molecule has 4 atom stereocenters. The van der Waals surface area contributed by atoms with Crippen LogP contribution < -0.4 is 0 Å².